The van der Waals surface area contributed by atoms with Gasteiger partial charge in [0.2, 0.25) is 0 Å². The van der Waals surface area contributed by atoms with Crippen LogP contribution in [0.25, 0.3) is 5.65 Å². The Kier molecular flexibility index (Phi) is 8.91. The molecule has 6 rings (SSSR count). The van der Waals surface area contributed by atoms with Crippen LogP contribution in [0.2, 0.25) is 23.2 Å². The molecule has 0 aliphatic heterocycles. The van der Waals surface area contributed by atoms with Crippen LogP contribution in [0.3, 0.4) is 0 Å². The maximum atomic E-state index is 15.1. The van der Waals surface area contributed by atoms with Gasteiger partial charge in [0, 0.05) is 29.4 Å². The third-order valence-corrected chi connectivity index (χ3v) is 18.0. The summed E-state index contributed by atoms with van der Waals surface area (Å²) in [6.45, 7) is 16.3. The molecule has 1 aromatic carbocycles. The molecule has 2 aliphatic carbocycles. The lowest BCUT2D eigenvalue weighted by atomic mass is 10.1. The van der Waals surface area contributed by atoms with Crippen molar-refractivity contribution < 1.29 is 13.7 Å². The molecule has 3 aromatic heterocycles. The van der Waals surface area contributed by atoms with Crippen LogP contribution in [0.15, 0.2) is 65.2 Å². The molecular weight excluding hydrogens is 662 g/mol. The predicted molar refractivity (Wildman–Crippen MR) is 196 cm³/mol. The van der Waals surface area contributed by atoms with Gasteiger partial charge in [0.25, 0.3) is 0 Å². The van der Waals surface area contributed by atoms with Crippen LogP contribution < -0.4 is 9.62 Å². The lowest BCUT2D eigenvalue weighted by Gasteiger charge is -2.33. The maximum absolute atomic E-state index is 15.1. The number of halogens is 1. The van der Waals surface area contributed by atoms with E-state index in [0.29, 0.717) is 34.7 Å². The van der Waals surface area contributed by atoms with Crippen molar-refractivity contribution in [3.8, 4) is 0 Å². The Balaban J connectivity index is 1.34. The second-order valence-corrected chi connectivity index (χ2v) is 23.3. The second-order valence-electron chi connectivity index (χ2n) is 15.6. The molecule has 48 heavy (non-hydrogen) atoms. The molecule has 0 bridgehead atoms. The number of fused-ring (bicyclic) bond motifs is 1. The molecule has 13 heteroatoms. The largest absolute Gasteiger partial charge is 0.443 e. The zero-order valence-corrected chi connectivity index (χ0v) is 31.6. The van der Waals surface area contributed by atoms with Crippen molar-refractivity contribution in [2.75, 3.05) is 9.62 Å². The molecule has 256 valence electrons. The zero-order valence-electron chi connectivity index (χ0n) is 29.0. The second kappa shape index (κ2) is 12.4. The molecule has 0 spiro atoms. The number of nitrogens with zero attached hydrogens (tertiary/aromatic N) is 6. The van der Waals surface area contributed by atoms with Gasteiger partial charge in [-0.2, -0.15) is 0 Å². The van der Waals surface area contributed by atoms with E-state index in [0.717, 1.165) is 11.2 Å². The van der Waals surface area contributed by atoms with E-state index in [1.165, 1.54) is 29.6 Å². The van der Waals surface area contributed by atoms with Crippen molar-refractivity contribution in [3.05, 3.63) is 83.0 Å². The normalized spacial score (nSPS) is 19.4. The smallest absolute Gasteiger partial charge is 0.416 e. The number of imidazole rings is 1. The van der Waals surface area contributed by atoms with Crippen molar-refractivity contribution in [3.63, 3.8) is 0 Å². The molecule has 3 atom stereocenters. The highest BCUT2D eigenvalue weighted by Crippen LogP contribution is 2.49. The fourth-order valence-electron chi connectivity index (χ4n) is 5.47. The fraction of sp³-hybridized carbons (Fsp3) is 0.486. The highest BCUT2D eigenvalue weighted by atomic mass is 35.5. The Morgan fingerprint density at radius 2 is 1.83 bits per heavy atom. The molecule has 3 unspecified atom stereocenters. The highest BCUT2D eigenvalue weighted by molar-refractivity contribution is 7.96. The van der Waals surface area contributed by atoms with E-state index in [9.17, 15) is 4.79 Å². The van der Waals surface area contributed by atoms with Gasteiger partial charge >= 0.3 is 6.09 Å². The van der Waals surface area contributed by atoms with E-state index in [1.807, 2.05) is 61.7 Å². The quantitative estimate of drug-likeness (QED) is 0.174. The van der Waals surface area contributed by atoms with Gasteiger partial charge in [-0.1, -0.05) is 50.6 Å². The number of amides is 1. The minimum Gasteiger partial charge on any atom is -0.443 e. The van der Waals surface area contributed by atoms with Crippen LogP contribution >= 0.6 is 11.6 Å². The van der Waals surface area contributed by atoms with Gasteiger partial charge in [0.1, 0.15) is 39.1 Å². The topological polar surface area (TPSA) is 114 Å². The summed E-state index contributed by atoms with van der Waals surface area (Å²) in [5, 5.41) is 0.287. The van der Waals surface area contributed by atoms with Crippen LogP contribution in [-0.2, 0) is 21.2 Å². The summed E-state index contributed by atoms with van der Waals surface area (Å²) in [6.07, 6.45) is 7.98. The molecule has 4 aromatic rings. The number of hydrogen-bond donors (Lipinski definition) is 1. The Hall–Kier alpha value is -3.48. The fourth-order valence-corrected chi connectivity index (χ4v) is 11.8. The third-order valence-electron chi connectivity index (χ3n) is 9.30. The first-order valence-corrected chi connectivity index (χ1v) is 21.4. The molecule has 2 saturated carbocycles. The highest BCUT2D eigenvalue weighted by Gasteiger charge is 2.49. The van der Waals surface area contributed by atoms with Crippen LogP contribution in [0.4, 0.5) is 16.4 Å². The predicted octanol–water partition coefficient (Wildman–Crippen LogP) is 8.95. The Morgan fingerprint density at radius 1 is 1.08 bits per heavy atom. The minimum absolute atomic E-state index is 0.0484. The average molecular weight is 708 g/mol. The molecular formula is C35H46ClN7O3SSi. The number of hydrogen-bond acceptors (Lipinski definition) is 7. The lowest BCUT2D eigenvalue weighted by Crippen LogP contribution is -2.38. The number of benzene rings is 1. The van der Waals surface area contributed by atoms with Crippen molar-refractivity contribution in [1.82, 2.24) is 19.4 Å². The van der Waals surface area contributed by atoms with Gasteiger partial charge in [-0.15, -0.1) is 0 Å². The van der Waals surface area contributed by atoms with Crippen LogP contribution in [0, 0.1) is 0 Å². The van der Waals surface area contributed by atoms with Crippen molar-refractivity contribution in [2.24, 2.45) is 4.03 Å². The van der Waals surface area contributed by atoms with E-state index in [-0.39, 0.29) is 22.8 Å². The average Bonchev–Trinajstić information content (AvgIpc) is 3.90. The first-order valence-electron chi connectivity index (χ1n) is 16.5. The Morgan fingerprint density at radius 3 is 2.50 bits per heavy atom. The first-order chi connectivity index (χ1) is 22.4. The van der Waals surface area contributed by atoms with Crippen LogP contribution in [-0.4, -0.2) is 48.7 Å². The number of ether oxygens (including phenoxy) is 1. The number of rotatable bonds is 9. The monoisotopic (exact) mass is 707 g/mol. The van der Waals surface area contributed by atoms with E-state index in [1.54, 1.807) is 6.07 Å². The van der Waals surface area contributed by atoms with Gasteiger partial charge in [0.15, 0.2) is 8.24 Å². The van der Waals surface area contributed by atoms with Gasteiger partial charge in [-0.3, -0.25) is 13.7 Å². The van der Waals surface area contributed by atoms with Crippen LogP contribution in [0.1, 0.15) is 89.5 Å². The van der Waals surface area contributed by atoms with E-state index >= 15 is 4.21 Å². The number of nitrogens with one attached hydrogen (secondary N) is 1. The first kappa shape index (κ1) is 34.4. The number of aromatic nitrogens is 4. The van der Waals surface area contributed by atoms with Gasteiger partial charge in [0.05, 0.1) is 17.5 Å². The number of anilines is 2. The van der Waals surface area contributed by atoms with E-state index < -0.39 is 29.8 Å². The summed E-state index contributed by atoms with van der Waals surface area (Å²) < 4.78 is 31.3. The molecule has 2 aliphatic rings. The molecule has 0 radical (unpaired) electrons. The van der Waals surface area contributed by atoms with E-state index in [2.05, 4.69) is 60.8 Å². The molecule has 3 heterocycles. The zero-order chi connectivity index (χ0) is 34.6. The lowest BCUT2D eigenvalue weighted by molar-refractivity contribution is 0.0576. The number of carbonyl (C=O) groups is 1. The third kappa shape index (κ3) is 7.71. The number of carbonyl (C=O) groups excluding carboxylic acids is 1. The van der Waals surface area contributed by atoms with Gasteiger partial charge in [-0.25, -0.2) is 24.0 Å². The summed E-state index contributed by atoms with van der Waals surface area (Å²) in [7, 11) is -5.41. The Labute approximate surface area is 290 Å². The SMILES string of the molecule is CC(C)(C)OC(=O)N(Cc1cn2cc(C3CC3)ccc2n1)c1cc(NS(=O)(=N[Si](C)(C)C(C)(C)C)C2CC2c2cccc(Cl)c2)ncn1. The van der Waals surface area contributed by atoms with Crippen molar-refractivity contribution in [1.29, 1.82) is 0 Å². The van der Waals surface area contributed by atoms with Gasteiger partial charge < -0.3 is 9.14 Å². The molecule has 0 saturated heterocycles. The summed E-state index contributed by atoms with van der Waals surface area (Å²) in [5.74, 6) is 1.28. The summed E-state index contributed by atoms with van der Waals surface area (Å²) >= 11 is 6.32. The molecule has 10 nitrogen and oxygen atoms in total. The summed E-state index contributed by atoms with van der Waals surface area (Å²) in [4.78, 5) is 28.8. The number of pyridine rings is 1. The molecule has 2 fully saturated rings. The van der Waals surface area contributed by atoms with E-state index in [4.69, 9.17) is 25.4 Å². The maximum Gasteiger partial charge on any atom is 0.416 e. The van der Waals surface area contributed by atoms with Crippen molar-refractivity contribution >= 4 is 53.1 Å². The molecule has 1 amide bonds. The van der Waals surface area contributed by atoms with Crippen molar-refractivity contribution in [2.45, 2.75) is 108 Å². The molecule has 1 N–H and O–H groups in total. The summed E-state index contributed by atoms with van der Waals surface area (Å²) in [6, 6.07) is 13.5. The standard InChI is InChI=1S/C35H46ClN7O3SSi/c1-34(2,3)46-33(44)43(21-27-20-42-19-25(23-12-13-23)14-15-31(42)39-27)32-18-30(37-22-38-32)40-47(45,41-48(7,8)35(4,5)6)29-17-28(29)24-10-9-11-26(36)16-24/h9-11,14-16,18-20,22-23,28-29H,12-13,17,21H2,1-8H3,(H,37,38,40,41,45). The van der Waals surface area contributed by atoms with Gasteiger partial charge in [-0.05, 0) is 93.4 Å². The minimum atomic E-state index is -3.02. The van der Waals surface area contributed by atoms with Crippen LogP contribution in [0.5, 0.6) is 0 Å². The Bertz CT molecular complexity index is 1970. The summed E-state index contributed by atoms with van der Waals surface area (Å²) in [5.41, 5.74) is 3.08.